The molecular weight excluding hydrogens is 276 g/mol. The van der Waals surface area contributed by atoms with Crippen LogP contribution in [0.3, 0.4) is 0 Å². The minimum Gasteiger partial charge on any atom is -0.493 e. The number of nitrogens with one attached hydrogen (secondary N) is 2. The van der Waals surface area contributed by atoms with Gasteiger partial charge in [0.05, 0.1) is 26.9 Å². The first-order valence-electron chi connectivity index (χ1n) is 6.10. The van der Waals surface area contributed by atoms with Gasteiger partial charge in [-0.15, -0.1) is 5.10 Å². The highest BCUT2D eigenvalue weighted by atomic mass is 16.5. The van der Waals surface area contributed by atoms with Crippen LogP contribution in [-0.4, -0.2) is 42.4 Å². The summed E-state index contributed by atoms with van der Waals surface area (Å²) < 4.78 is 15.7. The van der Waals surface area contributed by atoms with Crippen molar-refractivity contribution >= 4 is 11.9 Å². The third-order valence-corrected chi connectivity index (χ3v) is 2.77. The molecule has 2 aromatic rings. The van der Waals surface area contributed by atoms with Crippen molar-refractivity contribution in [2.75, 3.05) is 26.6 Å². The van der Waals surface area contributed by atoms with Gasteiger partial charge in [-0.3, -0.25) is 15.2 Å². The minimum atomic E-state index is -0.410. The van der Waals surface area contributed by atoms with Crippen molar-refractivity contribution in [3.8, 4) is 17.2 Å². The Hall–Kier alpha value is -2.77. The zero-order valence-corrected chi connectivity index (χ0v) is 12.2. The van der Waals surface area contributed by atoms with E-state index in [0.717, 1.165) is 0 Å². The number of carbonyl (C=O) groups is 1. The first kappa shape index (κ1) is 14.6. The number of hydrogen-bond acceptors (Lipinski definition) is 6. The summed E-state index contributed by atoms with van der Waals surface area (Å²) in [4.78, 5) is 16.3. The van der Waals surface area contributed by atoms with Crippen LogP contribution in [0, 0.1) is 6.92 Å². The second-order valence-electron chi connectivity index (χ2n) is 4.08. The van der Waals surface area contributed by atoms with Crippen LogP contribution in [0.25, 0.3) is 0 Å². The van der Waals surface area contributed by atoms with E-state index in [9.17, 15) is 4.79 Å². The molecule has 0 aliphatic carbocycles. The standard InChI is InChI=1S/C13H16N4O4/c1-7-14-13(17-16-7)15-12(18)8-5-6-9(19-2)11(21-4)10(8)20-3/h5-6H,1-4H3,(H2,14,15,16,17,18). The van der Waals surface area contributed by atoms with Crippen LogP contribution in [0.1, 0.15) is 16.2 Å². The van der Waals surface area contributed by atoms with E-state index in [2.05, 4.69) is 20.5 Å². The normalized spacial score (nSPS) is 10.1. The highest BCUT2D eigenvalue weighted by Crippen LogP contribution is 2.39. The van der Waals surface area contributed by atoms with Gasteiger partial charge in [0.25, 0.3) is 5.91 Å². The number of nitrogens with zero attached hydrogens (tertiary/aromatic N) is 2. The summed E-state index contributed by atoms with van der Waals surface area (Å²) >= 11 is 0. The lowest BCUT2D eigenvalue weighted by Gasteiger charge is -2.14. The van der Waals surface area contributed by atoms with Gasteiger partial charge in [-0.2, -0.15) is 4.98 Å². The fourth-order valence-corrected chi connectivity index (χ4v) is 1.85. The Kier molecular flexibility index (Phi) is 4.27. The summed E-state index contributed by atoms with van der Waals surface area (Å²) in [5.41, 5.74) is 0.289. The number of amides is 1. The molecule has 112 valence electrons. The second-order valence-corrected chi connectivity index (χ2v) is 4.08. The van der Waals surface area contributed by atoms with Crippen molar-refractivity contribution < 1.29 is 19.0 Å². The van der Waals surface area contributed by atoms with Crippen molar-refractivity contribution in [1.29, 1.82) is 0 Å². The highest BCUT2D eigenvalue weighted by Gasteiger charge is 2.21. The minimum absolute atomic E-state index is 0.189. The molecule has 2 N–H and O–H groups in total. The van der Waals surface area contributed by atoms with E-state index in [1.54, 1.807) is 19.1 Å². The van der Waals surface area contributed by atoms with Crippen molar-refractivity contribution in [1.82, 2.24) is 15.2 Å². The first-order valence-corrected chi connectivity index (χ1v) is 6.10. The molecule has 2 rings (SSSR count). The van der Waals surface area contributed by atoms with Crippen LogP contribution in [0.5, 0.6) is 17.2 Å². The van der Waals surface area contributed by atoms with Gasteiger partial charge in [0.1, 0.15) is 5.82 Å². The number of methoxy groups -OCH3 is 3. The van der Waals surface area contributed by atoms with E-state index in [1.165, 1.54) is 21.3 Å². The topological polar surface area (TPSA) is 98.4 Å². The van der Waals surface area contributed by atoms with Gasteiger partial charge in [0, 0.05) is 0 Å². The summed E-state index contributed by atoms with van der Waals surface area (Å²) in [6.45, 7) is 1.74. The number of aromatic nitrogens is 3. The number of ether oxygens (including phenoxy) is 3. The zero-order chi connectivity index (χ0) is 15.4. The summed E-state index contributed by atoms with van der Waals surface area (Å²) in [5.74, 6) is 1.48. The number of aryl methyl sites for hydroxylation is 1. The number of carbonyl (C=O) groups excluding carboxylic acids is 1. The molecule has 8 heteroatoms. The molecule has 0 aliphatic heterocycles. The number of anilines is 1. The molecule has 1 heterocycles. The van der Waals surface area contributed by atoms with Crippen molar-refractivity contribution in [2.24, 2.45) is 0 Å². The van der Waals surface area contributed by atoms with Gasteiger partial charge in [-0.1, -0.05) is 0 Å². The van der Waals surface area contributed by atoms with E-state index in [-0.39, 0.29) is 17.3 Å². The maximum absolute atomic E-state index is 12.3. The number of rotatable bonds is 5. The average molecular weight is 292 g/mol. The lowest BCUT2D eigenvalue weighted by molar-refractivity contribution is 0.102. The molecule has 0 fully saturated rings. The fraction of sp³-hybridized carbons (Fsp3) is 0.308. The summed E-state index contributed by atoms with van der Waals surface area (Å²) in [7, 11) is 4.43. The van der Waals surface area contributed by atoms with E-state index in [4.69, 9.17) is 14.2 Å². The molecular formula is C13H16N4O4. The smallest absolute Gasteiger partial charge is 0.261 e. The number of aromatic amines is 1. The van der Waals surface area contributed by atoms with Crippen molar-refractivity contribution in [2.45, 2.75) is 6.92 Å². The first-order chi connectivity index (χ1) is 10.1. The quantitative estimate of drug-likeness (QED) is 0.864. The number of benzene rings is 1. The monoisotopic (exact) mass is 292 g/mol. The van der Waals surface area contributed by atoms with Crippen molar-refractivity contribution in [3.05, 3.63) is 23.5 Å². The molecule has 0 spiro atoms. The average Bonchev–Trinajstić information content (AvgIpc) is 2.90. The molecule has 8 nitrogen and oxygen atoms in total. The van der Waals surface area contributed by atoms with E-state index in [1.807, 2.05) is 0 Å². The largest absolute Gasteiger partial charge is 0.493 e. The Labute approximate surface area is 121 Å². The predicted molar refractivity (Wildman–Crippen MR) is 75.2 cm³/mol. The van der Waals surface area contributed by atoms with E-state index >= 15 is 0 Å². The SMILES string of the molecule is COc1ccc(C(=O)Nc2n[nH]c(C)n2)c(OC)c1OC. The molecule has 0 radical (unpaired) electrons. The summed E-state index contributed by atoms with van der Waals surface area (Å²) in [6.07, 6.45) is 0. The maximum Gasteiger partial charge on any atom is 0.261 e. The Bertz CT molecular complexity index is 654. The predicted octanol–water partition coefficient (Wildman–Crippen LogP) is 1.39. The van der Waals surface area contributed by atoms with Gasteiger partial charge >= 0.3 is 0 Å². The van der Waals surface area contributed by atoms with Gasteiger partial charge in [-0.05, 0) is 19.1 Å². The zero-order valence-electron chi connectivity index (χ0n) is 12.2. The van der Waals surface area contributed by atoms with Crippen LogP contribution < -0.4 is 19.5 Å². The Morgan fingerprint density at radius 2 is 1.86 bits per heavy atom. The van der Waals surface area contributed by atoms with Crippen molar-refractivity contribution in [3.63, 3.8) is 0 Å². The lowest BCUT2D eigenvalue weighted by Crippen LogP contribution is -2.15. The molecule has 21 heavy (non-hydrogen) atoms. The maximum atomic E-state index is 12.3. The molecule has 1 aromatic carbocycles. The third-order valence-electron chi connectivity index (χ3n) is 2.77. The van der Waals surface area contributed by atoms with Crippen LogP contribution in [0.2, 0.25) is 0 Å². The number of H-pyrrole nitrogens is 1. The molecule has 1 aromatic heterocycles. The van der Waals surface area contributed by atoms with Crippen LogP contribution in [0.15, 0.2) is 12.1 Å². The van der Waals surface area contributed by atoms with Gasteiger partial charge in [0.15, 0.2) is 11.5 Å². The molecule has 0 unspecified atom stereocenters. The molecule has 0 saturated carbocycles. The summed E-state index contributed by atoms with van der Waals surface area (Å²) in [5, 5.41) is 9.07. The molecule has 0 atom stereocenters. The van der Waals surface area contributed by atoms with E-state index < -0.39 is 5.91 Å². The van der Waals surface area contributed by atoms with Crippen LogP contribution >= 0.6 is 0 Å². The van der Waals surface area contributed by atoms with Gasteiger partial charge in [-0.25, -0.2) is 0 Å². The highest BCUT2D eigenvalue weighted by molar-refractivity contribution is 6.06. The lowest BCUT2D eigenvalue weighted by atomic mass is 10.1. The Balaban J connectivity index is 2.36. The Morgan fingerprint density at radius 1 is 1.14 bits per heavy atom. The second kappa shape index (κ2) is 6.12. The molecule has 0 bridgehead atoms. The van der Waals surface area contributed by atoms with E-state index in [0.29, 0.717) is 17.3 Å². The van der Waals surface area contributed by atoms with Gasteiger partial charge < -0.3 is 14.2 Å². The molecule has 1 amide bonds. The van der Waals surface area contributed by atoms with Crippen LogP contribution in [0.4, 0.5) is 5.95 Å². The van der Waals surface area contributed by atoms with Gasteiger partial charge in [0.2, 0.25) is 11.7 Å². The molecule has 0 aliphatic rings. The summed E-state index contributed by atoms with van der Waals surface area (Å²) in [6, 6.07) is 3.20. The third kappa shape index (κ3) is 2.88. The van der Waals surface area contributed by atoms with Crippen LogP contribution in [-0.2, 0) is 0 Å². The fourth-order valence-electron chi connectivity index (χ4n) is 1.85. The molecule has 0 saturated heterocycles. The number of hydrogen-bond donors (Lipinski definition) is 2. The Morgan fingerprint density at radius 3 is 2.38 bits per heavy atom.